The van der Waals surface area contributed by atoms with E-state index in [-0.39, 0.29) is 30.4 Å². The van der Waals surface area contributed by atoms with Crippen molar-refractivity contribution in [2.24, 2.45) is 11.8 Å². The number of fused-ring (bicyclic) bond motifs is 2. The van der Waals surface area contributed by atoms with Crippen molar-refractivity contribution in [3.8, 4) is 17.6 Å². The van der Waals surface area contributed by atoms with E-state index in [1.165, 1.54) is 14.2 Å². The first-order chi connectivity index (χ1) is 15.4. The van der Waals surface area contributed by atoms with Crippen LogP contribution in [0.5, 0.6) is 17.6 Å². The molecule has 1 N–H and O–H groups in total. The molecule has 2 bridgehead atoms. The van der Waals surface area contributed by atoms with E-state index in [2.05, 4.69) is 9.97 Å². The van der Waals surface area contributed by atoms with Gasteiger partial charge in [0.1, 0.15) is 11.4 Å². The number of para-hydroxylation sites is 1. The number of rotatable bonds is 6. The van der Waals surface area contributed by atoms with Gasteiger partial charge in [0, 0.05) is 31.1 Å². The molecule has 2 fully saturated rings. The summed E-state index contributed by atoms with van der Waals surface area (Å²) in [6.07, 6.45) is 4.23. The lowest BCUT2D eigenvalue weighted by molar-refractivity contribution is -0.165. The molecule has 32 heavy (non-hydrogen) atoms. The van der Waals surface area contributed by atoms with Gasteiger partial charge in [0.2, 0.25) is 5.88 Å². The smallest absolute Gasteiger partial charge is 0.319 e. The monoisotopic (exact) mass is 441 g/mol. The van der Waals surface area contributed by atoms with Gasteiger partial charge in [0.25, 0.3) is 5.91 Å². The van der Waals surface area contributed by atoms with Crippen LogP contribution in [0, 0.1) is 25.7 Å². The number of nitrogens with zero attached hydrogens (tertiary/aromatic N) is 3. The SMILES string of the molecule is COc1ncc(C2(O)[C@@H]3CCC[C@H]2CN(C(=O)COc2c(C)cccc2C)C3)c(OC)n1. The van der Waals surface area contributed by atoms with Gasteiger partial charge in [-0.2, -0.15) is 4.98 Å². The highest BCUT2D eigenvalue weighted by molar-refractivity contribution is 5.78. The highest BCUT2D eigenvalue weighted by atomic mass is 16.5. The minimum absolute atomic E-state index is 0.0153. The zero-order valence-corrected chi connectivity index (χ0v) is 19.1. The predicted molar refractivity (Wildman–Crippen MR) is 118 cm³/mol. The van der Waals surface area contributed by atoms with Crippen LogP contribution in [-0.4, -0.2) is 59.8 Å². The number of carbonyl (C=O) groups excluding carboxylic acids is 1. The number of amides is 1. The average molecular weight is 442 g/mol. The molecule has 8 nitrogen and oxygen atoms in total. The average Bonchev–Trinajstić information content (AvgIpc) is 2.77. The summed E-state index contributed by atoms with van der Waals surface area (Å²) in [7, 11) is 3.01. The number of ether oxygens (including phenoxy) is 3. The third-order valence-electron chi connectivity index (χ3n) is 6.87. The molecular formula is C24H31N3O5. The topological polar surface area (TPSA) is 94.0 Å². The molecule has 1 aromatic carbocycles. The Morgan fingerprint density at radius 2 is 1.81 bits per heavy atom. The first-order valence-electron chi connectivity index (χ1n) is 11.0. The highest BCUT2D eigenvalue weighted by Gasteiger charge is 2.54. The molecule has 8 heteroatoms. The maximum atomic E-state index is 13.0. The molecule has 2 aliphatic rings. The van der Waals surface area contributed by atoms with Crippen molar-refractivity contribution in [2.75, 3.05) is 33.9 Å². The molecule has 1 saturated carbocycles. The van der Waals surface area contributed by atoms with E-state index in [9.17, 15) is 9.90 Å². The van der Waals surface area contributed by atoms with Crippen molar-refractivity contribution >= 4 is 5.91 Å². The van der Waals surface area contributed by atoms with Gasteiger partial charge in [-0.25, -0.2) is 4.98 Å². The van der Waals surface area contributed by atoms with Crippen LogP contribution in [0.15, 0.2) is 24.4 Å². The van der Waals surface area contributed by atoms with Crippen LogP contribution in [0.4, 0.5) is 0 Å². The number of benzene rings is 1. The third kappa shape index (κ3) is 3.88. The number of hydrogen-bond acceptors (Lipinski definition) is 7. The molecule has 1 aliphatic heterocycles. The van der Waals surface area contributed by atoms with Crippen molar-refractivity contribution in [1.29, 1.82) is 0 Å². The third-order valence-corrected chi connectivity index (χ3v) is 6.87. The Labute approximate surface area is 188 Å². The van der Waals surface area contributed by atoms with E-state index >= 15 is 0 Å². The molecule has 0 radical (unpaired) electrons. The summed E-state index contributed by atoms with van der Waals surface area (Å²) >= 11 is 0. The lowest BCUT2D eigenvalue weighted by atomic mass is 9.63. The second-order valence-corrected chi connectivity index (χ2v) is 8.74. The molecule has 1 unspecified atom stereocenters. The Morgan fingerprint density at radius 1 is 1.16 bits per heavy atom. The number of hydrogen-bond donors (Lipinski definition) is 1. The lowest BCUT2D eigenvalue weighted by Crippen LogP contribution is -2.60. The molecule has 1 amide bonds. The standard InChI is InChI=1S/C24H31N3O5/c1-15-7-5-8-16(2)21(15)32-14-20(28)27-12-17-9-6-10-18(13-27)24(17,29)19-11-25-23(31-4)26-22(19)30-3/h5,7-8,11,17-18,29H,6,9-10,12-14H2,1-4H3/t17-,18+,24?. The fraction of sp³-hybridized carbons (Fsp3) is 0.542. The van der Waals surface area contributed by atoms with Gasteiger partial charge in [0.05, 0.1) is 19.8 Å². The van der Waals surface area contributed by atoms with Crippen LogP contribution < -0.4 is 14.2 Å². The van der Waals surface area contributed by atoms with Gasteiger partial charge in [-0.3, -0.25) is 4.79 Å². The van der Waals surface area contributed by atoms with Crippen LogP contribution in [-0.2, 0) is 10.4 Å². The van der Waals surface area contributed by atoms with Crippen molar-refractivity contribution in [1.82, 2.24) is 14.9 Å². The molecular weight excluding hydrogens is 410 g/mol. The first kappa shape index (κ1) is 22.3. The number of aryl methyl sites for hydroxylation is 2. The Balaban J connectivity index is 1.53. The largest absolute Gasteiger partial charge is 0.483 e. The molecule has 2 aromatic rings. The lowest BCUT2D eigenvalue weighted by Gasteiger charge is -2.53. The van der Waals surface area contributed by atoms with Crippen LogP contribution in [0.1, 0.15) is 36.0 Å². The summed E-state index contributed by atoms with van der Waals surface area (Å²) in [5.41, 5.74) is 1.43. The van der Waals surface area contributed by atoms with E-state index in [0.29, 0.717) is 24.5 Å². The van der Waals surface area contributed by atoms with E-state index in [1.807, 2.05) is 36.9 Å². The Hall–Kier alpha value is -2.87. The number of aliphatic hydroxyl groups is 1. The van der Waals surface area contributed by atoms with Crippen LogP contribution in [0.3, 0.4) is 0 Å². The molecule has 1 aromatic heterocycles. The van der Waals surface area contributed by atoms with Gasteiger partial charge < -0.3 is 24.2 Å². The van der Waals surface area contributed by atoms with Crippen LogP contribution in [0.2, 0.25) is 0 Å². The molecule has 3 atom stereocenters. The predicted octanol–water partition coefficient (Wildman–Crippen LogP) is 2.64. The number of aromatic nitrogens is 2. The Kier molecular flexibility index (Phi) is 6.24. The molecule has 4 rings (SSSR count). The normalized spacial score (nSPS) is 24.7. The zero-order valence-electron chi connectivity index (χ0n) is 19.1. The Bertz CT molecular complexity index is 961. The van der Waals surface area contributed by atoms with Crippen LogP contribution >= 0.6 is 0 Å². The van der Waals surface area contributed by atoms with Gasteiger partial charge >= 0.3 is 6.01 Å². The second-order valence-electron chi connectivity index (χ2n) is 8.74. The minimum atomic E-state index is -1.15. The summed E-state index contributed by atoms with van der Waals surface area (Å²) in [6.45, 7) is 4.85. The summed E-state index contributed by atoms with van der Waals surface area (Å²) < 4.78 is 16.5. The maximum absolute atomic E-state index is 13.0. The fourth-order valence-corrected chi connectivity index (χ4v) is 5.23. The highest BCUT2D eigenvalue weighted by Crippen LogP contribution is 2.51. The van der Waals surface area contributed by atoms with Gasteiger partial charge in [-0.15, -0.1) is 0 Å². The first-order valence-corrected chi connectivity index (χ1v) is 11.0. The molecule has 1 aliphatic carbocycles. The summed E-state index contributed by atoms with van der Waals surface area (Å²) in [6, 6.07) is 6.12. The van der Waals surface area contributed by atoms with Crippen LogP contribution in [0.25, 0.3) is 0 Å². The maximum Gasteiger partial charge on any atom is 0.319 e. The van der Waals surface area contributed by atoms with E-state index < -0.39 is 5.60 Å². The van der Waals surface area contributed by atoms with E-state index in [4.69, 9.17) is 14.2 Å². The summed E-state index contributed by atoms with van der Waals surface area (Å²) in [5, 5.41) is 11.9. The molecule has 2 heterocycles. The van der Waals surface area contributed by atoms with Gasteiger partial charge in [-0.1, -0.05) is 24.6 Å². The zero-order chi connectivity index (χ0) is 22.9. The summed E-state index contributed by atoms with van der Waals surface area (Å²) in [4.78, 5) is 23.3. The Morgan fingerprint density at radius 3 is 2.41 bits per heavy atom. The van der Waals surface area contributed by atoms with E-state index in [0.717, 1.165) is 36.1 Å². The fourth-order valence-electron chi connectivity index (χ4n) is 5.23. The number of piperidine rings is 1. The van der Waals surface area contributed by atoms with E-state index in [1.54, 1.807) is 6.20 Å². The summed E-state index contributed by atoms with van der Waals surface area (Å²) in [5.74, 6) is 0.740. The molecule has 1 saturated heterocycles. The second kappa shape index (κ2) is 8.94. The molecule has 172 valence electrons. The van der Waals surface area contributed by atoms with Crippen molar-refractivity contribution in [3.63, 3.8) is 0 Å². The van der Waals surface area contributed by atoms with Crippen molar-refractivity contribution in [3.05, 3.63) is 41.1 Å². The van der Waals surface area contributed by atoms with Crippen molar-refractivity contribution < 1.29 is 24.1 Å². The number of carbonyl (C=O) groups is 1. The minimum Gasteiger partial charge on any atom is -0.483 e. The van der Waals surface area contributed by atoms with Gasteiger partial charge in [0.15, 0.2) is 6.61 Å². The number of methoxy groups -OCH3 is 2. The van der Waals surface area contributed by atoms with Crippen molar-refractivity contribution in [2.45, 2.75) is 38.7 Å². The number of likely N-dealkylation sites (tertiary alicyclic amines) is 1. The molecule has 0 spiro atoms. The quantitative estimate of drug-likeness (QED) is 0.736. The van der Waals surface area contributed by atoms with Gasteiger partial charge in [-0.05, 0) is 37.8 Å².